The average molecular weight is 390 g/mol. The van der Waals surface area contributed by atoms with E-state index in [1.54, 1.807) is 13.3 Å². The van der Waals surface area contributed by atoms with E-state index in [9.17, 15) is 4.79 Å². The first-order valence-corrected chi connectivity index (χ1v) is 9.22. The van der Waals surface area contributed by atoms with Gasteiger partial charge in [0.25, 0.3) is 5.91 Å². The Morgan fingerprint density at radius 2 is 2.00 bits per heavy atom. The van der Waals surface area contributed by atoms with Crippen LogP contribution in [-0.4, -0.2) is 36.2 Å². The van der Waals surface area contributed by atoms with Gasteiger partial charge in [-0.1, -0.05) is 12.1 Å². The van der Waals surface area contributed by atoms with Crippen LogP contribution in [0, 0.1) is 6.92 Å². The van der Waals surface area contributed by atoms with Gasteiger partial charge in [0.05, 0.1) is 17.6 Å². The van der Waals surface area contributed by atoms with Gasteiger partial charge in [0.2, 0.25) is 0 Å². The molecule has 0 bridgehead atoms. The summed E-state index contributed by atoms with van der Waals surface area (Å²) in [4.78, 5) is 19.6. The number of ether oxygens (including phenoxy) is 2. The fourth-order valence-corrected chi connectivity index (χ4v) is 3.56. The molecule has 7 heteroatoms. The average Bonchev–Trinajstić information content (AvgIpc) is 3.08. The predicted octanol–water partition coefficient (Wildman–Crippen LogP) is 3.40. The van der Waals surface area contributed by atoms with E-state index in [4.69, 9.17) is 20.9 Å². The molecule has 2 aromatic carbocycles. The van der Waals surface area contributed by atoms with Crippen molar-refractivity contribution in [3.05, 3.63) is 53.9 Å². The van der Waals surface area contributed by atoms with Crippen LogP contribution in [0.2, 0.25) is 0 Å². The molecule has 2 heterocycles. The van der Waals surface area contributed by atoms with Gasteiger partial charge in [-0.25, -0.2) is 4.98 Å². The molecule has 0 radical (unpaired) electrons. The van der Waals surface area contributed by atoms with Crippen LogP contribution in [-0.2, 0) is 4.74 Å². The first kappa shape index (κ1) is 18.8. The summed E-state index contributed by atoms with van der Waals surface area (Å²) in [6, 6.07) is 11.5. The molecular formula is C22H22N4O3. The summed E-state index contributed by atoms with van der Waals surface area (Å²) in [7, 11) is 1.63. The molecule has 7 nitrogen and oxygen atoms in total. The van der Waals surface area contributed by atoms with Crippen molar-refractivity contribution in [3.63, 3.8) is 0 Å². The van der Waals surface area contributed by atoms with Gasteiger partial charge in [-0.05, 0) is 36.2 Å². The first-order chi connectivity index (χ1) is 14.0. The number of aromatic nitrogens is 2. The Hall–Kier alpha value is -3.58. The second kappa shape index (κ2) is 7.44. The Bertz CT molecular complexity index is 1230. The Labute approximate surface area is 167 Å². The van der Waals surface area contributed by atoms with Crippen molar-refractivity contribution in [2.75, 3.05) is 26.1 Å². The fraction of sp³-hybridized carbons (Fsp3) is 0.182. The minimum absolute atomic E-state index is 0.198. The molecule has 2 aromatic heterocycles. The van der Waals surface area contributed by atoms with Gasteiger partial charge in [-0.15, -0.1) is 0 Å². The number of amides is 1. The second-order valence-electron chi connectivity index (χ2n) is 6.83. The number of H-pyrrole nitrogens is 1. The number of nitrogens with one attached hydrogen (secondary N) is 1. The van der Waals surface area contributed by atoms with Crippen LogP contribution in [0.3, 0.4) is 0 Å². The van der Waals surface area contributed by atoms with E-state index in [2.05, 4.69) is 9.97 Å². The van der Waals surface area contributed by atoms with Crippen molar-refractivity contribution < 1.29 is 14.3 Å². The number of hydrogen-bond acceptors (Lipinski definition) is 5. The fourth-order valence-electron chi connectivity index (χ4n) is 3.56. The number of primary amides is 1. The molecule has 0 aliphatic rings. The summed E-state index contributed by atoms with van der Waals surface area (Å²) in [5, 5.41) is 1.82. The molecule has 0 spiro atoms. The van der Waals surface area contributed by atoms with Crippen molar-refractivity contribution in [2.24, 2.45) is 5.73 Å². The van der Waals surface area contributed by atoms with Crippen LogP contribution in [0.15, 0.2) is 42.6 Å². The lowest BCUT2D eigenvalue weighted by Gasteiger charge is -2.11. The number of anilines is 1. The quantitative estimate of drug-likeness (QED) is 0.345. The molecule has 4 aromatic rings. The molecule has 0 saturated heterocycles. The molecule has 0 atom stereocenters. The molecule has 0 aliphatic carbocycles. The Kier molecular flexibility index (Phi) is 4.82. The Morgan fingerprint density at radius 1 is 1.17 bits per heavy atom. The van der Waals surface area contributed by atoms with Crippen LogP contribution < -0.4 is 16.2 Å². The number of nitrogen functional groups attached to an aromatic ring is 1. The van der Waals surface area contributed by atoms with Crippen molar-refractivity contribution in [1.82, 2.24) is 9.97 Å². The number of benzene rings is 2. The number of carbonyl (C=O) groups is 1. The zero-order chi connectivity index (χ0) is 20.5. The standard InChI is InChI=1S/C22H22N4O3/c1-12-14(4-3-5-17(12)23)16-11-25-21(22(24)27)20-19(16)15-7-6-13(10-18(15)26-20)29-9-8-28-2/h3-7,10-11,26H,8-9,23H2,1-2H3,(H2,24,27). The summed E-state index contributed by atoms with van der Waals surface area (Å²) < 4.78 is 10.7. The highest BCUT2D eigenvalue weighted by Crippen LogP contribution is 2.38. The highest BCUT2D eigenvalue weighted by molar-refractivity contribution is 6.19. The summed E-state index contributed by atoms with van der Waals surface area (Å²) in [6.45, 7) is 2.92. The third-order valence-corrected chi connectivity index (χ3v) is 5.05. The van der Waals surface area contributed by atoms with Crippen molar-refractivity contribution in [1.29, 1.82) is 0 Å². The van der Waals surface area contributed by atoms with Gasteiger partial charge in [0.1, 0.15) is 12.4 Å². The number of methoxy groups -OCH3 is 1. The maximum absolute atomic E-state index is 12.0. The Balaban J connectivity index is 1.98. The van der Waals surface area contributed by atoms with Crippen molar-refractivity contribution in [3.8, 4) is 16.9 Å². The van der Waals surface area contributed by atoms with Gasteiger partial charge in [0.15, 0.2) is 5.69 Å². The van der Waals surface area contributed by atoms with Crippen LogP contribution in [0.4, 0.5) is 5.69 Å². The summed E-state index contributed by atoms with van der Waals surface area (Å²) in [6.07, 6.45) is 1.68. The van der Waals surface area contributed by atoms with E-state index in [0.717, 1.165) is 33.0 Å². The SMILES string of the molecule is COCCOc1ccc2c(c1)[nH]c1c(C(N)=O)ncc(-c3cccc(N)c3C)c12. The second-order valence-corrected chi connectivity index (χ2v) is 6.83. The molecule has 1 amide bonds. The largest absolute Gasteiger partial charge is 0.491 e. The van der Waals surface area contributed by atoms with Crippen LogP contribution in [0.25, 0.3) is 32.9 Å². The number of nitrogens with zero attached hydrogens (tertiary/aromatic N) is 1. The van der Waals surface area contributed by atoms with E-state index >= 15 is 0 Å². The third-order valence-electron chi connectivity index (χ3n) is 5.05. The lowest BCUT2D eigenvalue weighted by atomic mass is 9.96. The topological polar surface area (TPSA) is 116 Å². The summed E-state index contributed by atoms with van der Waals surface area (Å²) in [5.74, 6) is 0.116. The third kappa shape index (κ3) is 3.25. The molecule has 5 N–H and O–H groups in total. The minimum atomic E-state index is -0.589. The van der Waals surface area contributed by atoms with Crippen LogP contribution in [0.1, 0.15) is 16.1 Å². The maximum Gasteiger partial charge on any atom is 0.269 e. The number of aromatic amines is 1. The molecule has 29 heavy (non-hydrogen) atoms. The van der Waals surface area contributed by atoms with Crippen molar-refractivity contribution >= 4 is 33.4 Å². The lowest BCUT2D eigenvalue weighted by Crippen LogP contribution is -2.13. The lowest BCUT2D eigenvalue weighted by molar-refractivity contribution is 0.0997. The van der Waals surface area contributed by atoms with Gasteiger partial charge >= 0.3 is 0 Å². The van der Waals surface area contributed by atoms with E-state index in [-0.39, 0.29) is 5.69 Å². The number of fused-ring (bicyclic) bond motifs is 3. The molecule has 0 unspecified atom stereocenters. The summed E-state index contributed by atoms with van der Waals surface area (Å²) >= 11 is 0. The number of pyridine rings is 1. The number of carbonyl (C=O) groups excluding carboxylic acids is 1. The normalized spacial score (nSPS) is 11.2. The van der Waals surface area contributed by atoms with Gasteiger partial charge in [0, 0.05) is 41.4 Å². The predicted molar refractivity (Wildman–Crippen MR) is 114 cm³/mol. The van der Waals surface area contributed by atoms with Gasteiger partial charge in [-0.3, -0.25) is 4.79 Å². The van der Waals surface area contributed by atoms with Crippen molar-refractivity contribution in [2.45, 2.75) is 6.92 Å². The Morgan fingerprint density at radius 3 is 2.76 bits per heavy atom. The molecular weight excluding hydrogens is 368 g/mol. The monoisotopic (exact) mass is 390 g/mol. The van der Waals surface area contributed by atoms with E-state index in [1.807, 2.05) is 43.3 Å². The first-order valence-electron chi connectivity index (χ1n) is 9.22. The van der Waals surface area contributed by atoms with Crippen LogP contribution in [0.5, 0.6) is 5.75 Å². The molecule has 148 valence electrons. The minimum Gasteiger partial charge on any atom is -0.491 e. The molecule has 0 saturated carbocycles. The molecule has 0 aliphatic heterocycles. The maximum atomic E-state index is 12.0. The van der Waals surface area contributed by atoms with Gasteiger partial charge in [-0.2, -0.15) is 0 Å². The smallest absolute Gasteiger partial charge is 0.269 e. The zero-order valence-corrected chi connectivity index (χ0v) is 16.3. The number of nitrogens with two attached hydrogens (primary N) is 2. The highest BCUT2D eigenvalue weighted by Gasteiger charge is 2.19. The van der Waals surface area contributed by atoms with E-state index in [1.165, 1.54) is 0 Å². The molecule has 4 rings (SSSR count). The van der Waals surface area contributed by atoms with E-state index in [0.29, 0.717) is 30.2 Å². The van der Waals surface area contributed by atoms with Crippen LogP contribution >= 0.6 is 0 Å². The highest BCUT2D eigenvalue weighted by atomic mass is 16.5. The molecule has 0 fully saturated rings. The summed E-state index contributed by atoms with van der Waals surface area (Å²) in [5.41, 5.74) is 16.8. The zero-order valence-electron chi connectivity index (χ0n) is 16.3. The number of rotatable bonds is 6. The van der Waals surface area contributed by atoms with E-state index < -0.39 is 5.91 Å². The van der Waals surface area contributed by atoms with Gasteiger partial charge < -0.3 is 25.9 Å². The number of hydrogen-bond donors (Lipinski definition) is 3.